The molecule has 4 nitrogen and oxygen atoms in total. The molecule has 1 aliphatic rings. The Bertz CT molecular complexity index is 514. The molecule has 0 saturated carbocycles. The highest BCUT2D eigenvalue weighted by molar-refractivity contribution is 5.95. The van der Waals surface area contributed by atoms with Crippen molar-refractivity contribution in [3.8, 4) is 0 Å². The molecule has 2 rings (SSSR count). The number of amides is 1. The molecule has 2 N–H and O–H groups in total. The van der Waals surface area contributed by atoms with Crippen molar-refractivity contribution >= 4 is 11.6 Å². The first-order chi connectivity index (χ1) is 9.11. The van der Waals surface area contributed by atoms with Gasteiger partial charge in [0, 0.05) is 25.9 Å². The maximum Gasteiger partial charge on any atom is 0.257 e. The van der Waals surface area contributed by atoms with Crippen molar-refractivity contribution in [2.75, 3.05) is 32.5 Å². The van der Waals surface area contributed by atoms with Gasteiger partial charge in [0.25, 0.3) is 5.91 Å². The van der Waals surface area contributed by atoms with Crippen molar-refractivity contribution in [1.82, 2.24) is 4.90 Å². The molecule has 1 aliphatic heterocycles. The van der Waals surface area contributed by atoms with Crippen molar-refractivity contribution in [2.24, 2.45) is 0 Å². The average molecular weight is 264 g/mol. The molecule has 102 valence electrons. The quantitative estimate of drug-likeness (QED) is 0.669. The van der Waals surface area contributed by atoms with Gasteiger partial charge in [-0.15, -0.1) is 0 Å². The van der Waals surface area contributed by atoms with Crippen LogP contribution >= 0.6 is 0 Å². The van der Waals surface area contributed by atoms with Crippen LogP contribution in [-0.2, 0) is 4.74 Å². The highest BCUT2D eigenvalue weighted by atomic mass is 19.1. The Morgan fingerprint density at radius 1 is 1.53 bits per heavy atom. The zero-order valence-corrected chi connectivity index (χ0v) is 10.9. The molecule has 0 aliphatic carbocycles. The van der Waals surface area contributed by atoms with Gasteiger partial charge in [-0.2, -0.15) is 0 Å². The molecule has 5 heteroatoms. The third-order valence-electron chi connectivity index (χ3n) is 3.14. The molecule has 1 amide bonds. The summed E-state index contributed by atoms with van der Waals surface area (Å²) in [5.41, 5.74) is 7.17. The van der Waals surface area contributed by atoms with Crippen molar-refractivity contribution in [3.05, 3.63) is 41.2 Å². The molecule has 0 bridgehead atoms. The van der Waals surface area contributed by atoms with E-state index in [1.807, 2.05) is 6.08 Å². The van der Waals surface area contributed by atoms with Crippen LogP contribution in [-0.4, -0.2) is 37.6 Å². The molecule has 0 spiro atoms. The number of halogens is 1. The second-order valence-electron chi connectivity index (χ2n) is 4.54. The summed E-state index contributed by atoms with van der Waals surface area (Å²) < 4.78 is 18.7. The minimum atomic E-state index is -0.536. The van der Waals surface area contributed by atoms with Gasteiger partial charge in [-0.05, 0) is 30.2 Å². The minimum Gasteiger partial charge on any atom is -0.399 e. The second-order valence-corrected chi connectivity index (χ2v) is 4.54. The fraction of sp³-hybridized carbons (Fsp3) is 0.357. The van der Waals surface area contributed by atoms with Crippen molar-refractivity contribution in [2.45, 2.75) is 6.42 Å². The number of carbonyl (C=O) groups excluding carboxylic acids is 1. The van der Waals surface area contributed by atoms with Gasteiger partial charge in [0.2, 0.25) is 0 Å². The van der Waals surface area contributed by atoms with E-state index >= 15 is 0 Å². The van der Waals surface area contributed by atoms with E-state index in [4.69, 9.17) is 10.5 Å². The van der Waals surface area contributed by atoms with Gasteiger partial charge in [0.1, 0.15) is 5.82 Å². The number of ether oxygens (including phenoxy) is 1. The number of methoxy groups -OCH3 is 1. The van der Waals surface area contributed by atoms with Crippen LogP contribution in [0.5, 0.6) is 0 Å². The Labute approximate surface area is 111 Å². The summed E-state index contributed by atoms with van der Waals surface area (Å²) in [6, 6.07) is 4.05. The zero-order chi connectivity index (χ0) is 13.8. The van der Waals surface area contributed by atoms with E-state index in [1.165, 1.54) is 23.8 Å². The third kappa shape index (κ3) is 3.12. The third-order valence-corrected chi connectivity index (χ3v) is 3.14. The number of benzene rings is 1. The topological polar surface area (TPSA) is 55.6 Å². The molecule has 0 atom stereocenters. The summed E-state index contributed by atoms with van der Waals surface area (Å²) in [7, 11) is 1.64. The van der Waals surface area contributed by atoms with E-state index in [0.29, 0.717) is 25.4 Å². The Balaban J connectivity index is 2.11. The van der Waals surface area contributed by atoms with Crippen LogP contribution in [0.15, 0.2) is 29.8 Å². The largest absolute Gasteiger partial charge is 0.399 e. The maximum atomic E-state index is 13.6. The number of nitrogens with two attached hydrogens (primary N) is 1. The van der Waals surface area contributed by atoms with Crippen LogP contribution in [0.2, 0.25) is 0 Å². The highest BCUT2D eigenvalue weighted by Gasteiger charge is 2.21. The summed E-state index contributed by atoms with van der Waals surface area (Å²) in [4.78, 5) is 13.8. The van der Waals surface area contributed by atoms with Gasteiger partial charge >= 0.3 is 0 Å². The lowest BCUT2D eigenvalue weighted by Crippen LogP contribution is -2.35. The van der Waals surface area contributed by atoms with Crippen LogP contribution in [0.3, 0.4) is 0 Å². The Morgan fingerprint density at radius 2 is 2.32 bits per heavy atom. The number of nitrogens with zero attached hydrogens (tertiary/aromatic N) is 1. The second kappa shape index (κ2) is 5.84. The SMILES string of the molecule is COCC1=CCN(C(=O)c2cc(N)ccc2F)CC1. The van der Waals surface area contributed by atoms with Gasteiger partial charge < -0.3 is 15.4 Å². The van der Waals surface area contributed by atoms with Gasteiger partial charge in [-0.25, -0.2) is 4.39 Å². The van der Waals surface area contributed by atoms with Gasteiger partial charge in [0.15, 0.2) is 0 Å². The normalized spacial score (nSPS) is 15.3. The van der Waals surface area contributed by atoms with Crippen LogP contribution in [0.4, 0.5) is 10.1 Å². The summed E-state index contributed by atoms with van der Waals surface area (Å²) in [6.45, 7) is 1.63. The van der Waals surface area contributed by atoms with E-state index < -0.39 is 5.82 Å². The van der Waals surface area contributed by atoms with Crippen LogP contribution in [0.25, 0.3) is 0 Å². The summed E-state index contributed by atoms with van der Waals surface area (Å²) in [6.07, 6.45) is 2.71. The highest BCUT2D eigenvalue weighted by Crippen LogP contribution is 2.18. The predicted molar refractivity (Wildman–Crippen MR) is 71.3 cm³/mol. The molecule has 0 fully saturated rings. The maximum absolute atomic E-state index is 13.6. The lowest BCUT2D eigenvalue weighted by Gasteiger charge is -2.26. The van der Waals surface area contributed by atoms with E-state index in [-0.39, 0.29) is 11.5 Å². The fourth-order valence-corrected chi connectivity index (χ4v) is 2.09. The number of hydrogen-bond donors (Lipinski definition) is 1. The number of nitrogen functional groups attached to an aromatic ring is 1. The fourth-order valence-electron chi connectivity index (χ4n) is 2.09. The average Bonchev–Trinajstić information content (AvgIpc) is 2.42. The van der Waals surface area contributed by atoms with E-state index in [2.05, 4.69) is 0 Å². The summed E-state index contributed by atoms with van der Waals surface area (Å²) in [5, 5.41) is 0. The first kappa shape index (κ1) is 13.5. The van der Waals surface area contributed by atoms with Gasteiger partial charge in [0.05, 0.1) is 12.2 Å². The van der Waals surface area contributed by atoms with Crippen molar-refractivity contribution in [1.29, 1.82) is 0 Å². The number of hydrogen-bond acceptors (Lipinski definition) is 3. The Morgan fingerprint density at radius 3 is 2.95 bits per heavy atom. The molecule has 0 radical (unpaired) electrons. The van der Waals surface area contributed by atoms with E-state index in [1.54, 1.807) is 12.0 Å². The first-order valence-electron chi connectivity index (χ1n) is 6.13. The molecule has 0 unspecified atom stereocenters. The Hall–Kier alpha value is -1.88. The lowest BCUT2D eigenvalue weighted by atomic mass is 10.1. The van der Waals surface area contributed by atoms with Crippen LogP contribution in [0, 0.1) is 5.82 Å². The number of carbonyl (C=O) groups is 1. The molecular formula is C14H17FN2O2. The summed E-state index contributed by atoms with van der Waals surface area (Å²) in [5.74, 6) is -0.858. The Kier molecular flexibility index (Phi) is 4.16. The number of rotatable bonds is 3. The first-order valence-corrected chi connectivity index (χ1v) is 6.13. The van der Waals surface area contributed by atoms with E-state index in [9.17, 15) is 9.18 Å². The molecule has 0 saturated heterocycles. The standard InChI is InChI=1S/C14H17FN2O2/c1-19-9-10-4-6-17(7-5-10)14(18)12-8-11(16)2-3-13(12)15/h2-4,8H,5-7,9,16H2,1H3. The molecule has 1 aromatic carbocycles. The van der Waals surface area contributed by atoms with Crippen molar-refractivity contribution < 1.29 is 13.9 Å². The monoisotopic (exact) mass is 264 g/mol. The van der Waals surface area contributed by atoms with Crippen LogP contribution < -0.4 is 5.73 Å². The smallest absolute Gasteiger partial charge is 0.257 e. The van der Waals surface area contributed by atoms with E-state index in [0.717, 1.165) is 6.42 Å². The van der Waals surface area contributed by atoms with Gasteiger partial charge in [-0.1, -0.05) is 6.08 Å². The lowest BCUT2D eigenvalue weighted by molar-refractivity contribution is 0.0760. The zero-order valence-electron chi connectivity index (χ0n) is 10.9. The van der Waals surface area contributed by atoms with Crippen LogP contribution in [0.1, 0.15) is 16.8 Å². The molecule has 19 heavy (non-hydrogen) atoms. The molecule has 0 aromatic heterocycles. The molecule has 1 heterocycles. The number of anilines is 1. The molecular weight excluding hydrogens is 247 g/mol. The van der Waals surface area contributed by atoms with Crippen molar-refractivity contribution in [3.63, 3.8) is 0 Å². The molecule has 1 aromatic rings. The minimum absolute atomic E-state index is 0.0311. The predicted octanol–water partition coefficient (Wildman–Crippen LogP) is 1.83. The van der Waals surface area contributed by atoms with Gasteiger partial charge in [-0.3, -0.25) is 4.79 Å². The summed E-state index contributed by atoms with van der Waals surface area (Å²) >= 11 is 0.